The smallest absolute Gasteiger partial charge is 0.268 e. The zero-order chi connectivity index (χ0) is 31.6. The fourth-order valence-corrected chi connectivity index (χ4v) is 6.51. The average Bonchev–Trinajstić information content (AvgIpc) is 3.44. The van der Waals surface area contributed by atoms with E-state index in [2.05, 4.69) is 47.8 Å². The number of hydrogen-bond acceptors (Lipinski definition) is 4. The third-order valence-electron chi connectivity index (χ3n) is 9.00. The number of hydrogen-bond donors (Lipinski definition) is 4. The summed E-state index contributed by atoms with van der Waals surface area (Å²) < 4.78 is 8.45. The number of amides is 1. The molecule has 6 N–H and O–H groups in total. The molecule has 1 amide bonds. The molecule has 7 rings (SSSR count). The first-order chi connectivity index (χ1) is 22.4. The molecule has 1 aliphatic rings. The molecule has 0 spiro atoms. The monoisotopic (exact) mass is 607 g/mol. The minimum absolute atomic E-state index is 0.0154. The number of nitrogens with one attached hydrogen (secondary N) is 2. The summed E-state index contributed by atoms with van der Waals surface area (Å²) in [6, 6.07) is 38.6. The van der Waals surface area contributed by atoms with Crippen LogP contribution in [0.4, 0.5) is 0 Å². The van der Waals surface area contributed by atoms with Gasteiger partial charge in [-0.2, -0.15) is 0 Å². The van der Waals surface area contributed by atoms with E-state index >= 15 is 0 Å². The minimum atomic E-state index is -0.115. The molecule has 0 aliphatic heterocycles. The molecule has 230 valence electrons. The number of fused-ring (bicyclic) bond motifs is 2. The molecule has 1 heterocycles. The maximum absolute atomic E-state index is 13.8. The van der Waals surface area contributed by atoms with E-state index < -0.39 is 0 Å². The largest absolute Gasteiger partial charge is 0.457 e. The first-order valence-electron chi connectivity index (χ1n) is 15.8. The summed E-state index contributed by atoms with van der Waals surface area (Å²) in [5, 5.41) is 14.3. The standard InChI is InChI=1S/C39H37N5O2/c40-31-14-16-32(17-15-31)43-39(45)37-22-28-10-11-29(38(41)42)23-36(28)44(37)24-30-21-34(20-27-8-4-5-9-35(27)30)46-33-18-12-26(13-19-33)25-6-2-1-3-7-25/h1-13,18-23,31-32H,14-17,24,40H2,(H3,41,42)(H,43,45)/t31-,32-. The summed E-state index contributed by atoms with van der Waals surface area (Å²) in [4.78, 5) is 13.8. The van der Waals surface area contributed by atoms with Crippen LogP contribution in [0.3, 0.4) is 0 Å². The van der Waals surface area contributed by atoms with E-state index in [1.54, 1.807) is 0 Å². The van der Waals surface area contributed by atoms with Gasteiger partial charge in [0.15, 0.2) is 0 Å². The number of nitrogen functional groups attached to an aromatic ring is 1. The molecule has 1 aromatic heterocycles. The van der Waals surface area contributed by atoms with Crippen molar-refractivity contribution in [3.8, 4) is 22.6 Å². The van der Waals surface area contributed by atoms with Crippen LogP contribution in [0.15, 0.2) is 115 Å². The number of aromatic nitrogens is 1. The molecule has 0 radical (unpaired) electrons. The molecule has 7 heteroatoms. The zero-order valence-corrected chi connectivity index (χ0v) is 25.6. The molecule has 0 saturated heterocycles. The van der Waals surface area contributed by atoms with E-state index in [9.17, 15) is 4.79 Å². The molecule has 0 unspecified atom stereocenters. The van der Waals surface area contributed by atoms with Crippen LogP contribution >= 0.6 is 0 Å². The van der Waals surface area contributed by atoms with Crippen molar-refractivity contribution in [3.05, 3.63) is 132 Å². The van der Waals surface area contributed by atoms with E-state index in [1.165, 1.54) is 0 Å². The average molecular weight is 608 g/mol. The van der Waals surface area contributed by atoms with Crippen molar-refractivity contribution in [3.63, 3.8) is 0 Å². The van der Waals surface area contributed by atoms with Crippen molar-refractivity contribution in [2.24, 2.45) is 11.5 Å². The highest BCUT2D eigenvalue weighted by molar-refractivity contribution is 6.02. The highest BCUT2D eigenvalue weighted by Crippen LogP contribution is 2.32. The molecule has 0 atom stereocenters. The molecule has 1 fully saturated rings. The van der Waals surface area contributed by atoms with Gasteiger partial charge in [-0.3, -0.25) is 10.2 Å². The van der Waals surface area contributed by atoms with Crippen molar-refractivity contribution in [1.29, 1.82) is 5.41 Å². The van der Waals surface area contributed by atoms with Crippen molar-refractivity contribution in [2.75, 3.05) is 0 Å². The summed E-state index contributed by atoms with van der Waals surface area (Å²) in [6.07, 6.45) is 3.56. The molecule has 1 aliphatic carbocycles. The van der Waals surface area contributed by atoms with Gasteiger partial charge in [-0.1, -0.05) is 78.9 Å². The number of nitrogens with zero attached hydrogens (tertiary/aromatic N) is 1. The lowest BCUT2D eigenvalue weighted by molar-refractivity contribution is 0.0917. The molecule has 0 bridgehead atoms. The zero-order valence-electron chi connectivity index (χ0n) is 25.6. The highest BCUT2D eigenvalue weighted by atomic mass is 16.5. The van der Waals surface area contributed by atoms with Gasteiger partial charge in [-0.25, -0.2) is 0 Å². The SMILES string of the molecule is N=C(N)c1ccc2cc(C(=O)N[C@H]3CC[C@H](N)CC3)n(Cc3cc(Oc4ccc(-c5ccccc5)cc4)cc4ccccc34)c2c1. The van der Waals surface area contributed by atoms with Crippen LogP contribution in [0.5, 0.6) is 11.5 Å². The number of ether oxygens (including phenoxy) is 1. The Balaban J connectivity index is 1.25. The van der Waals surface area contributed by atoms with Crippen molar-refractivity contribution >= 4 is 33.4 Å². The Morgan fingerprint density at radius 1 is 0.783 bits per heavy atom. The van der Waals surface area contributed by atoms with Gasteiger partial charge in [0.25, 0.3) is 5.91 Å². The number of amidine groups is 1. The van der Waals surface area contributed by atoms with Crippen molar-refractivity contribution in [1.82, 2.24) is 9.88 Å². The Morgan fingerprint density at radius 3 is 2.26 bits per heavy atom. The van der Waals surface area contributed by atoms with Crippen LogP contribution < -0.4 is 21.5 Å². The Kier molecular flexibility index (Phi) is 7.99. The van der Waals surface area contributed by atoms with Crippen molar-refractivity contribution < 1.29 is 9.53 Å². The lowest BCUT2D eigenvalue weighted by Crippen LogP contribution is -2.41. The van der Waals surface area contributed by atoms with Gasteiger partial charge in [0, 0.05) is 35.1 Å². The third-order valence-corrected chi connectivity index (χ3v) is 9.00. The lowest BCUT2D eigenvalue weighted by atomic mass is 9.92. The van der Waals surface area contributed by atoms with Gasteiger partial charge in [0.2, 0.25) is 0 Å². The predicted molar refractivity (Wildman–Crippen MR) is 186 cm³/mol. The second-order valence-electron chi connectivity index (χ2n) is 12.2. The summed E-state index contributed by atoms with van der Waals surface area (Å²) in [5.41, 5.74) is 17.3. The van der Waals surface area contributed by atoms with Gasteiger partial charge < -0.3 is 26.1 Å². The first kappa shape index (κ1) is 29.3. The molecule has 6 aromatic rings. The maximum Gasteiger partial charge on any atom is 0.268 e. The summed E-state index contributed by atoms with van der Waals surface area (Å²) in [7, 11) is 0. The van der Waals surface area contributed by atoms with Crippen LogP contribution in [-0.4, -0.2) is 28.4 Å². The number of carbonyl (C=O) groups is 1. The molecule has 1 saturated carbocycles. The fraction of sp³-hybridized carbons (Fsp3) is 0.179. The van der Waals surface area contributed by atoms with Crippen molar-refractivity contribution in [2.45, 2.75) is 44.3 Å². The van der Waals surface area contributed by atoms with Gasteiger partial charge in [0.05, 0.1) is 0 Å². The molecule has 5 aromatic carbocycles. The summed E-state index contributed by atoms with van der Waals surface area (Å²) in [6.45, 7) is 0.424. The highest BCUT2D eigenvalue weighted by Gasteiger charge is 2.24. The van der Waals surface area contributed by atoms with Crippen LogP contribution in [0, 0.1) is 5.41 Å². The molecular formula is C39H37N5O2. The van der Waals surface area contributed by atoms with Gasteiger partial charge in [-0.15, -0.1) is 0 Å². The molecular weight excluding hydrogens is 570 g/mol. The number of rotatable bonds is 8. The predicted octanol–water partition coefficient (Wildman–Crippen LogP) is 7.59. The Labute approximate surface area is 268 Å². The number of carbonyl (C=O) groups excluding carboxylic acids is 1. The van der Waals surface area contributed by atoms with Crippen LogP contribution in [0.1, 0.15) is 47.3 Å². The van der Waals surface area contributed by atoms with Gasteiger partial charge >= 0.3 is 0 Å². The molecule has 46 heavy (non-hydrogen) atoms. The maximum atomic E-state index is 13.8. The van der Waals surface area contributed by atoms with Gasteiger partial charge in [-0.05, 0) is 89.5 Å². The number of nitrogens with two attached hydrogens (primary N) is 2. The summed E-state index contributed by atoms with van der Waals surface area (Å²) in [5.74, 6) is 1.33. The topological polar surface area (TPSA) is 119 Å². The van der Waals surface area contributed by atoms with E-state index in [0.717, 1.165) is 69.8 Å². The second-order valence-corrected chi connectivity index (χ2v) is 12.2. The normalized spacial score (nSPS) is 16.4. The quantitative estimate of drug-likeness (QED) is 0.105. The van der Waals surface area contributed by atoms with E-state index in [0.29, 0.717) is 23.6 Å². The van der Waals surface area contributed by atoms with Crippen LogP contribution in [0.25, 0.3) is 32.8 Å². The lowest BCUT2D eigenvalue weighted by Gasteiger charge is -2.27. The first-order valence-corrected chi connectivity index (χ1v) is 15.8. The Morgan fingerprint density at radius 2 is 1.50 bits per heavy atom. The van der Waals surface area contributed by atoms with Crippen LogP contribution in [-0.2, 0) is 6.54 Å². The van der Waals surface area contributed by atoms with E-state index in [-0.39, 0.29) is 23.8 Å². The fourth-order valence-electron chi connectivity index (χ4n) is 6.51. The Hall–Kier alpha value is -5.40. The van der Waals surface area contributed by atoms with E-state index in [1.807, 2.05) is 77.4 Å². The van der Waals surface area contributed by atoms with Crippen LogP contribution in [0.2, 0.25) is 0 Å². The van der Waals surface area contributed by atoms with E-state index in [4.69, 9.17) is 21.6 Å². The summed E-state index contributed by atoms with van der Waals surface area (Å²) >= 11 is 0. The third kappa shape index (κ3) is 6.10. The minimum Gasteiger partial charge on any atom is -0.457 e. The molecule has 7 nitrogen and oxygen atoms in total. The Bertz CT molecular complexity index is 2040. The second kappa shape index (κ2) is 12.5. The van der Waals surface area contributed by atoms with Gasteiger partial charge in [0.1, 0.15) is 23.0 Å². The number of benzene rings is 5.